The van der Waals surface area contributed by atoms with E-state index in [1.165, 1.54) is 30.3 Å². The molecule has 2 aromatic rings. The number of benzene rings is 2. The summed E-state index contributed by atoms with van der Waals surface area (Å²) in [5, 5.41) is 111. The summed E-state index contributed by atoms with van der Waals surface area (Å²) in [6, 6.07) is 6.34. The number of aliphatic hydroxyl groups is 9. The number of rotatable bonds is 7. The number of phenolic OH excluding ortho intramolecular Hbond substituents is 2. The van der Waals surface area contributed by atoms with Crippen molar-refractivity contribution in [3.05, 3.63) is 41.5 Å². The van der Waals surface area contributed by atoms with Gasteiger partial charge in [-0.1, -0.05) is 6.07 Å². The van der Waals surface area contributed by atoms with Crippen LogP contribution in [0, 0.1) is 0 Å². The number of aliphatic hydroxyl groups excluding tert-OH is 9. The van der Waals surface area contributed by atoms with Gasteiger partial charge in [0.1, 0.15) is 72.2 Å². The molecule has 3 aliphatic rings. The van der Waals surface area contributed by atoms with Gasteiger partial charge in [-0.05, 0) is 17.7 Å². The SMILES string of the molecule is OC[C@@H]1O[C@@H](Oc2cc([C@H]3Oc4cc(O)cc(O[C@@H]5O[C@H](CO)[C@@H](O)[C@H](O)[C@H]5O)c4C[C@@H]3O)ccc2O)[C@@H](O)[C@@H](O)[C@@H]1O. The van der Waals surface area contributed by atoms with Crippen molar-refractivity contribution >= 4 is 0 Å². The molecule has 238 valence electrons. The molecule has 0 spiro atoms. The molecule has 0 amide bonds. The molecule has 2 fully saturated rings. The van der Waals surface area contributed by atoms with E-state index in [2.05, 4.69) is 0 Å². The second-order valence-corrected chi connectivity index (χ2v) is 10.6. The first-order valence-electron chi connectivity index (χ1n) is 13.4. The van der Waals surface area contributed by atoms with Gasteiger partial charge in [0.05, 0.1) is 19.3 Å². The summed E-state index contributed by atoms with van der Waals surface area (Å²) in [5.41, 5.74) is 0.533. The Balaban J connectivity index is 1.37. The zero-order valence-corrected chi connectivity index (χ0v) is 22.4. The summed E-state index contributed by atoms with van der Waals surface area (Å²) in [4.78, 5) is 0. The van der Waals surface area contributed by atoms with Gasteiger partial charge < -0.3 is 79.9 Å². The highest BCUT2D eigenvalue weighted by Crippen LogP contribution is 2.44. The van der Waals surface area contributed by atoms with E-state index >= 15 is 0 Å². The van der Waals surface area contributed by atoms with Crippen molar-refractivity contribution in [1.29, 1.82) is 0 Å². The standard InChI is InChI=1S/C27H34O16/c28-7-17-19(33)21(35)23(37)26(42-17)40-15-5-10(30)4-14-11(15)6-13(32)25(39-14)9-1-2-12(31)16(3-9)41-27-24(38)22(36)20(34)18(8-29)43-27/h1-5,13,17-38H,6-8H2/t13-,17+,18-,19+,20+,21-,22-,23+,24-,25+,26+,27+/m0/s1. The Morgan fingerprint density at radius 2 is 1.23 bits per heavy atom. The maximum absolute atomic E-state index is 11.0. The smallest absolute Gasteiger partial charge is 0.229 e. The number of hydrogen-bond donors (Lipinski definition) is 11. The minimum atomic E-state index is -1.74. The lowest BCUT2D eigenvalue weighted by atomic mass is 9.93. The van der Waals surface area contributed by atoms with Gasteiger partial charge in [-0.3, -0.25) is 0 Å². The fraction of sp³-hybridized carbons (Fsp3) is 0.556. The van der Waals surface area contributed by atoms with Crippen molar-refractivity contribution in [1.82, 2.24) is 0 Å². The lowest BCUT2D eigenvalue weighted by Gasteiger charge is -2.40. The molecule has 43 heavy (non-hydrogen) atoms. The van der Waals surface area contributed by atoms with E-state index in [4.69, 9.17) is 23.7 Å². The highest BCUT2D eigenvalue weighted by Gasteiger charge is 2.46. The number of ether oxygens (including phenoxy) is 5. The van der Waals surface area contributed by atoms with Crippen LogP contribution in [0.15, 0.2) is 30.3 Å². The molecular weight excluding hydrogens is 580 g/mol. The quantitative estimate of drug-likeness (QED) is 0.144. The number of hydrogen-bond acceptors (Lipinski definition) is 16. The van der Waals surface area contributed by atoms with Crippen molar-refractivity contribution in [3.63, 3.8) is 0 Å². The van der Waals surface area contributed by atoms with Gasteiger partial charge in [-0.2, -0.15) is 0 Å². The van der Waals surface area contributed by atoms with Crippen molar-refractivity contribution in [2.24, 2.45) is 0 Å². The van der Waals surface area contributed by atoms with Crippen LogP contribution >= 0.6 is 0 Å². The van der Waals surface area contributed by atoms with Gasteiger partial charge in [-0.25, -0.2) is 0 Å². The fourth-order valence-electron chi connectivity index (χ4n) is 5.22. The average molecular weight is 615 g/mol. The van der Waals surface area contributed by atoms with Crippen molar-refractivity contribution < 1.29 is 79.9 Å². The summed E-state index contributed by atoms with van der Waals surface area (Å²) in [6.45, 7) is -1.37. The van der Waals surface area contributed by atoms with Crippen molar-refractivity contribution in [3.8, 4) is 28.7 Å². The summed E-state index contributed by atoms with van der Waals surface area (Å²) in [5.74, 6) is -0.982. The van der Waals surface area contributed by atoms with Gasteiger partial charge >= 0.3 is 0 Å². The first-order valence-corrected chi connectivity index (χ1v) is 13.4. The Morgan fingerprint density at radius 3 is 1.79 bits per heavy atom. The van der Waals surface area contributed by atoms with E-state index in [1.807, 2.05) is 0 Å². The molecule has 0 radical (unpaired) electrons. The molecule has 2 saturated heterocycles. The summed E-state index contributed by atoms with van der Waals surface area (Å²) >= 11 is 0. The second kappa shape index (κ2) is 12.5. The van der Waals surface area contributed by atoms with E-state index < -0.39 is 92.6 Å². The Hall–Kier alpha value is -3.00. The molecule has 0 saturated carbocycles. The molecule has 11 N–H and O–H groups in total. The number of phenols is 2. The van der Waals surface area contributed by atoms with E-state index in [1.54, 1.807) is 0 Å². The van der Waals surface area contributed by atoms with Gasteiger partial charge in [0.15, 0.2) is 11.5 Å². The summed E-state index contributed by atoms with van der Waals surface area (Å²) in [7, 11) is 0. The highest BCUT2D eigenvalue weighted by molar-refractivity contribution is 5.53. The third kappa shape index (κ3) is 6.04. The van der Waals surface area contributed by atoms with Crippen LogP contribution in [0.1, 0.15) is 17.2 Å². The van der Waals surface area contributed by atoms with Gasteiger partial charge in [-0.15, -0.1) is 0 Å². The minimum Gasteiger partial charge on any atom is -0.508 e. The van der Waals surface area contributed by atoms with E-state index in [-0.39, 0.29) is 40.5 Å². The first kappa shape index (κ1) is 31.4. The van der Waals surface area contributed by atoms with E-state index in [0.717, 1.165) is 0 Å². The Bertz CT molecular complexity index is 1270. The zero-order chi connectivity index (χ0) is 31.2. The second-order valence-electron chi connectivity index (χ2n) is 10.6. The monoisotopic (exact) mass is 614 g/mol. The van der Waals surface area contributed by atoms with Gasteiger partial charge in [0, 0.05) is 24.1 Å². The number of aromatic hydroxyl groups is 2. The van der Waals surface area contributed by atoms with Crippen LogP contribution in [0.2, 0.25) is 0 Å². The van der Waals surface area contributed by atoms with E-state index in [0.29, 0.717) is 0 Å². The van der Waals surface area contributed by atoms with Crippen LogP contribution in [-0.2, 0) is 15.9 Å². The molecule has 0 aromatic heterocycles. The molecule has 12 atom stereocenters. The van der Waals surface area contributed by atoms with Gasteiger partial charge in [0.25, 0.3) is 0 Å². The summed E-state index contributed by atoms with van der Waals surface area (Å²) < 4.78 is 27.9. The molecule has 2 aromatic carbocycles. The van der Waals surface area contributed by atoms with Crippen LogP contribution in [-0.4, -0.2) is 137 Å². The Kier molecular flexibility index (Phi) is 9.17. The Morgan fingerprint density at radius 1 is 0.674 bits per heavy atom. The molecular formula is C27H34O16. The van der Waals surface area contributed by atoms with Crippen LogP contribution in [0.3, 0.4) is 0 Å². The topological polar surface area (TPSA) is 269 Å². The Labute approximate surface area is 243 Å². The van der Waals surface area contributed by atoms with Crippen molar-refractivity contribution in [2.45, 2.75) is 80.0 Å². The van der Waals surface area contributed by atoms with Gasteiger partial charge in [0.2, 0.25) is 12.6 Å². The fourth-order valence-corrected chi connectivity index (χ4v) is 5.22. The van der Waals surface area contributed by atoms with Crippen LogP contribution in [0.25, 0.3) is 0 Å². The predicted molar refractivity (Wildman–Crippen MR) is 138 cm³/mol. The third-order valence-corrected chi connectivity index (χ3v) is 7.67. The van der Waals surface area contributed by atoms with Crippen LogP contribution in [0.4, 0.5) is 0 Å². The molecule has 0 unspecified atom stereocenters. The minimum absolute atomic E-state index is 0.0689. The molecule has 16 nitrogen and oxygen atoms in total. The lowest BCUT2D eigenvalue weighted by molar-refractivity contribution is -0.277. The summed E-state index contributed by atoms with van der Waals surface area (Å²) in [6.07, 6.45) is -18.2. The predicted octanol–water partition coefficient (Wildman–Crippen LogP) is -3.51. The molecule has 3 aliphatic heterocycles. The van der Waals surface area contributed by atoms with E-state index in [9.17, 15) is 56.2 Å². The maximum Gasteiger partial charge on any atom is 0.229 e. The first-order chi connectivity index (χ1) is 20.4. The molecule has 5 rings (SSSR count). The zero-order valence-electron chi connectivity index (χ0n) is 22.4. The number of fused-ring (bicyclic) bond motifs is 1. The molecule has 0 bridgehead atoms. The molecule has 16 heteroatoms. The highest BCUT2D eigenvalue weighted by atomic mass is 16.7. The van der Waals surface area contributed by atoms with Crippen LogP contribution in [0.5, 0.6) is 28.7 Å². The lowest BCUT2D eigenvalue weighted by Crippen LogP contribution is -2.60. The van der Waals surface area contributed by atoms with Crippen LogP contribution < -0.4 is 14.2 Å². The third-order valence-electron chi connectivity index (χ3n) is 7.67. The molecule has 3 heterocycles. The average Bonchev–Trinajstić information content (AvgIpc) is 2.98. The largest absolute Gasteiger partial charge is 0.508 e. The van der Waals surface area contributed by atoms with Crippen molar-refractivity contribution in [2.75, 3.05) is 13.2 Å². The normalized spacial score (nSPS) is 37.7. The molecule has 0 aliphatic carbocycles. The maximum atomic E-state index is 11.0.